The summed E-state index contributed by atoms with van der Waals surface area (Å²) < 4.78 is 19.1. The van der Waals surface area contributed by atoms with Crippen LogP contribution in [0.5, 0.6) is 0 Å². The van der Waals surface area contributed by atoms with Crippen molar-refractivity contribution in [3.05, 3.63) is 71.5 Å². The zero-order chi connectivity index (χ0) is 20.5. The third-order valence-electron chi connectivity index (χ3n) is 5.16. The average Bonchev–Trinajstić information content (AvgIpc) is 2.76. The van der Waals surface area contributed by atoms with E-state index in [0.29, 0.717) is 19.8 Å². The molecular formula is C23H27FN2O3. The van der Waals surface area contributed by atoms with Crippen LogP contribution in [0.2, 0.25) is 0 Å². The van der Waals surface area contributed by atoms with Gasteiger partial charge in [-0.3, -0.25) is 14.5 Å². The Hall–Kier alpha value is -2.57. The number of ketones is 1. The number of hydrogen-bond acceptors (Lipinski definition) is 4. The molecular weight excluding hydrogens is 371 g/mol. The summed E-state index contributed by atoms with van der Waals surface area (Å²) in [6.07, 6.45) is 0.872. The van der Waals surface area contributed by atoms with Crippen LogP contribution in [0.1, 0.15) is 28.8 Å². The van der Waals surface area contributed by atoms with Crippen LogP contribution in [0.25, 0.3) is 0 Å². The maximum Gasteiger partial charge on any atom is 0.220 e. The molecule has 0 bridgehead atoms. The van der Waals surface area contributed by atoms with E-state index in [1.165, 1.54) is 23.8 Å². The number of hydrogen-bond donors (Lipinski definition) is 1. The van der Waals surface area contributed by atoms with Gasteiger partial charge in [0, 0.05) is 38.5 Å². The first-order chi connectivity index (χ1) is 14.1. The first-order valence-corrected chi connectivity index (χ1v) is 10.0. The second-order valence-electron chi connectivity index (χ2n) is 7.20. The Labute approximate surface area is 170 Å². The number of carbonyl (C=O) groups is 2. The molecule has 3 rings (SSSR count). The van der Waals surface area contributed by atoms with Gasteiger partial charge < -0.3 is 10.1 Å². The Morgan fingerprint density at radius 3 is 2.41 bits per heavy atom. The minimum atomic E-state index is -0.548. The van der Waals surface area contributed by atoms with Gasteiger partial charge in [0.2, 0.25) is 5.91 Å². The molecule has 2 aromatic carbocycles. The number of halogens is 1. The molecule has 6 heteroatoms. The maximum atomic E-state index is 13.7. The van der Waals surface area contributed by atoms with Crippen molar-refractivity contribution in [3.8, 4) is 0 Å². The molecule has 2 aromatic rings. The van der Waals surface area contributed by atoms with Crippen LogP contribution in [-0.2, 0) is 16.0 Å². The number of morpholine rings is 1. The Bertz CT molecular complexity index is 807. The van der Waals surface area contributed by atoms with Gasteiger partial charge in [-0.1, -0.05) is 42.5 Å². The quantitative estimate of drug-likeness (QED) is 0.660. The van der Waals surface area contributed by atoms with Crippen LogP contribution in [0.15, 0.2) is 54.6 Å². The summed E-state index contributed by atoms with van der Waals surface area (Å²) in [7, 11) is 0. The van der Waals surface area contributed by atoms with Crippen molar-refractivity contribution in [1.29, 1.82) is 0 Å². The highest BCUT2D eigenvalue weighted by Crippen LogP contribution is 2.12. The van der Waals surface area contributed by atoms with Gasteiger partial charge in [-0.15, -0.1) is 0 Å². The summed E-state index contributed by atoms with van der Waals surface area (Å²) in [5.74, 6) is -1.10. The fourth-order valence-corrected chi connectivity index (χ4v) is 3.53. The Balaban J connectivity index is 1.52. The fourth-order valence-electron chi connectivity index (χ4n) is 3.53. The van der Waals surface area contributed by atoms with Crippen LogP contribution in [-0.4, -0.2) is 55.5 Å². The van der Waals surface area contributed by atoms with Crippen molar-refractivity contribution < 1.29 is 18.7 Å². The minimum absolute atomic E-state index is 0.00628. The molecule has 1 atom stereocenters. The van der Waals surface area contributed by atoms with Gasteiger partial charge in [0.15, 0.2) is 5.78 Å². The first kappa shape index (κ1) is 21.1. The number of nitrogens with one attached hydrogen (secondary N) is 1. The number of Topliss-reactive ketones (excluding diaryl/α,β-unsaturated/α-hetero) is 1. The molecule has 0 saturated carbocycles. The van der Waals surface area contributed by atoms with Crippen molar-refractivity contribution in [1.82, 2.24) is 10.2 Å². The largest absolute Gasteiger partial charge is 0.379 e. The smallest absolute Gasteiger partial charge is 0.220 e. The zero-order valence-electron chi connectivity index (χ0n) is 16.5. The summed E-state index contributed by atoms with van der Waals surface area (Å²) in [4.78, 5) is 26.8. The van der Waals surface area contributed by atoms with Crippen molar-refractivity contribution in [2.24, 2.45) is 0 Å². The summed E-state index contributed by atoms with van der Waals surface area (Å²) in [6, 6.07) is 16.2. The first-order valence-electron chi connectivity index (χ1n) is 10.0. The normalized spacial score (nSPS) is 15.6. The Morgan fingerprint density at radius 2 is 1.69 bits per heavy atom. The van der Waals surface area contributed by atoms with Crippen molar-refractivity contribution in [3.63, 3.8) is 0 Å². The lowest BCUT2D eigenvalue weighted by Crippen LogP contribution is -2.49. The van der Waals surface area contributed by atoms with E-state index < -0.39 is 5.82 Å². The number of amides is 1. The highest BCUT2D eigenvalue weighted by atomic mass is 19.1. The van der Waals surface area contributed by atoms with Gasteiger partial charge in [-0.2, -0.15) is 0 Å². The summed E-state index contributed by atoms with van der Waals surface area (Å²) in [6.45, 7) is 3.55. The molecule has 0 aliphatic carbocycles. The average molecular weight is 398 g/mol. The van der Waals surface area contributed by atoms with E-state index in [0.717, 1.165) is 19.5 Å². The maximum absolute atomic E-state index is 13.7. The molecule has 1 amide bonds. The van der Waals surface area contributed by atoms with Crippen molar-refractivity contribution in [2.75, 3.05) is 32.8 Å². The van der Waals surface area contributed by atoms with Crippen molar-refractivity contribution in [2.45, 2.75) is 25.3 Å². The van der Waals surface area contributed by atoms with E-state index in [-0.39, 0.29) is 36.1 Å². The molecule has 1 fully saturated rings. The van der Waals surface area contributed by atoms with E-state index in [1.807, 2.05) is 18.2 Å². The Kier molecular flexibility index (Phi) is 7.90. The van der Waals surface area contributed by atoms with E-state index >= 15 is 0 Å². The summed E-state index contributed by atoms with van der Waals surface area (Å²) in [5, 5.41) is 2.95. The molecule has 1 aliphatic heterocycles. The molecule has 1 heterocycles. The molecule has 1 saturated heterocycles. The zero-order valence-corrected chi connectivity index (χ0v) is 16.5. The molecule has 5 nitrogen and oxygen atoms in total. The molecule has 1 N–H and O–H groups in total. The highest BCUT2D eigenvalue weighted by Gasteiger charge is 2.22. The molecule has 1 unspecified atom stereocenters. The Morgan fingerprint density at radius 1 is 1.00 bits per heavy atom. The topological polar surface area (TPSA) is 58.6 Å². The minimum Gasteiger partial charge on any atom is -0.379 e. The number of carbonyl (C=O) groups excluding carboxylic acids is 2. The molecule has 29 heavy (non-hydrogen) atoms. The third-order valence-corrected chi connectivity index (χ3v) is 5.16. The lowest BCUT2D eigenvalue weighted by atomic mass is 10.0. The van der Waals surface area contributed by atoms with Crippen LogP contribution < -0.4 is 5.32 Å². The lowest BCUT2D eigenvalue weighted by Gasteiger charge is -2.34. The third kappa shape index (κ3) is 6.48. The van der Waals surface area contributed by atoms with Gasteiger partial charge in [0.05, 0.1) is 18.8 Å². The second kappa shape index (κ2) is 10.8. The van der Waals surface area contributed by atoms with Crippen LogP contribution >= 0.6 is 0 Å². The number of rotatable bonds is 9. The molecule has 1 aliphatic rings. The van der Waals surface area contributed by atoms with Gasteiger partial charge in [0.1, 0.15) is 5.82 Å². The molecule has 0 radical (unpaired) electrons. The number of benzene rings is 2. The monoisotopic (exact) mass is 398 g/mol. The fraction of sp³-hybridized carbons (Fsp3) is 0.391. The SMILES string of the molecule is O=C(CCC(=O)c1ccccc1F)NCC(Cc1ccccc1)N1CCOCC1. The molecule has 0 aromatic heterocycles. The van der Waals surface area contributed by atoms with Gasteiger partial charge in [0.25, 0.3) is 0 Å². The predicted octanol–water partition coefficient (Wildman–Crippen LogP) is 2.85. The summed E-state index contributed by atoms with van der Waals surface area (Å²) >= 11 is 0. The van der Waals surface area contributed by atoms with Crippen LogP contribution in [0.4, 0.5) is 4.39 Å². The van der Waals surface area contributed by atoms with Gasteiger partial charge in [-0.25, -0.2) is 4.39 Å². The van der Waals surface area contributed by atoms with Crippen LogP contribution in [0.3, 0.4) is 0 Å². The molecule has 0 spiro atoms. The molecule has 154 valence electrons. The van der Waals surface area contributed by atoms with E-state index in [9.17, 15) is 14.0 Å². The standard InChI is InChI=1S/C23H27FN2O3/c24-21-9-5-4-8-20(21)22(27)10-11-23(28)25-17-19(26-12-14-29-15-13-26)16-18-6-2-1-3-7-18/h1-9,19H,10-17H2,(H,25,28). The van der Waals surface area contributed by atoms with E-state index in [1.54, 1.807) is 6.07 Å². The number of nitrogens with zero attached hydrogens (tertiary/aromatic N) is 1. The van der Waals surface area contributed by atoms with Gasteiger partial charge in [-0.05, 0) is 24.1 Å². The van der Waals surface area contributed by atoms with Crippen molar-refractivity contribution >= 4 is 11.7 Å². The highest BCUT2D eigenvalue weighted by molar-refractivity contribution is 5.98. The summed E-state index contributed by atoms with van der Waals surface area (Å²) in [5.41, 5.74) is 1.25. The predicted molar refractivity (Wildman–Crippen MR) is 109 cm³/mol. The second-order valence-corrected chi connectivity index (χ2v) is 7.20. The lowest BCUT2D eigenvalue weighted by molar-refractivity contribution is -0.121. The van der Waals surface area contributed by atoms with Crippen LogP contribution in [0, 0.1) is 5.82 Å². The number of ether oxygens (including phenoxy) is 1. The van der Waals surface area contributed by atoms with E-state index in [4.69, 9.17) is 4.74 Å². The van der Waals surface area contributed by atoms with E-state index in [2.05, 4.69) is 22.3 Å². The van der Waals surface area contributed by atoms with Gasteiger partial charge >= 0.3 is 0 Å².